The third-order valence-corrected chi connectivity index (χ3v) is 4.66. The maximum atomic E-state index is 6.02. The Morgan fingerprint density at radius 3 is 2.60 bits per heavy atom. The van der Waals surface area contributed by atoms with Crippen LogP contribution in [0.25, 0.3) is 0 Å². The Balaban J connectivity index is 1.82. The lowest BCUT2D eigenvalue weighted by Crippen LogP contribution is -2.42. The van der Waals surface area contributed by atoms with Gasteiger partial charge in [0, 0.05) is 18.7 Å². The highest BCUT2D eigenvalue weighted by Crippen LogP contribution is 2.28. The standard InChI is InChI=1S/C18H31N5O2/c1-22(2)14-7-10-23(11-8-14)12-9-20-18(19)21-16-13-15(24-3)5-6-17(16)25-4/h5-6,13-14H,7-12H2,1-4H3,(H3,19,20,21). The molecule has 0 radical (unpaired) electrons. The van der Waals surface area contributed by atoms with Crippen molar-refractivity contribution < 1.29 is 9.47 Å². The number of piperidine rings is 1. The number of hydrogen-bond donors (Lipinski definition) is 2. The normalized spacial score (nSPS) is 16.9. The molecule has 1 saturated heterocycles. The van der Waals surface area contributed by atoms with Gasteiger partial charge in [-0.25, -0.2) is 0 Å². The van der Waals surface area contributed by atoms with Crippen LogP contribution in [0.5, 0.6) is 11.5 Å². The van der Waals surface area contributed by atoms with Gasteiger partial charge < -0.3 is 30.3 Å². The summed E-state index contributed by atoms with van der Waals surface area (Å²) in [6.07, 6.45) is 2.43. The van der Waals surface area contributed by atoms with Crippen LogP contribution in [-0.4, -0.2) is 76.3 Å². The summed E-state index contributed by atoms with van der Waals surface area (Å²) in [6.45, 7) is 3.85. The fraction of sp³-hybridized carbons (Fsp3) is 0.611. The quantitative estimate of drug-likeness (QED) is 0.573. The van der Waals surface area contributed by atoms with Crippen LogP contribution in [0.3, 0.4) is 0 Å². The summed E-state index contributed by atoms with van der Waals surface area (Å²) in [5, 5.41) is 3.09. The minimum atomic E-state index is 0.384. The Morgan fingerprint density at radius 1 is 1.28 bits per heavy atom. The van der Waals surface area contributed by atoms with Gasteiger partial charge in [-0.05, 0) is 52.2 Å². The number of ether oxygens (including phenoxy) is 2. The Kier molecular flexibility index (Phi) is 7.33. The number of aliphatic imine (C=N–C) groups is 1. The summed E-state index contributed by atoms with van der Waals surface area (Å²) in [6, 6.07) is 6.22. The summed E-state index contributed by atoms with van der Waals surface area (Å²) in [5.41, 5.74) is 6.76. The fourth-order valence-corrected chi connectivity index (χ4v) is 3.06. The van der Waals surface area contributed by atoms with Crippen LogP contribution in [0.4, 0.5) is 5.69 Å². The lowest BCUT2D eigenvalue weighted by Gasteiger charge is -2.34. The molecule has 0 amide bonds. The zero-order valence-corrected chi connectivity index (χ0v) is 15.8. The number of rotatable bonds is 7. The molecule has 140 valence electrons. The van der Waals surface area contributed by atoms with Crippen molar-refractivity contribution in [1.82, 2.24) is 9.80 Å². The van der Waals surface area contributed by atoms with Crippen LogP contribution >= 0.6 is 0 Å². The molecule has 1 aromatic carbocycles. The summed E-state index contributed by atoms with van der Waals surface area (Å²) in [7, 11) is 7.56. The molecule has 0 atom stereocenters. The number of nitrogens with one attached hydrogen (secondary N) is 1. The Bertz CT molecular complexity index is 569. The van der Waals surface area contributed by atoms with Crippen LogP contribution in [0, 0.1) is 0 Å². The summed E-state index contributed by atoms with van der Waals surface area (Å²) >= 11 is 0. The lowest BCUT2D eigenvalue weighted by atomic mass is 10.0. The van der Waals surface area contributed by atoms with Crippen LogP contribution in [0.2, 0.25) is 0 Å². The molecule has 1 aliphatic heterocycles. The van der Waals surface area contributed by atoms with Gasteiger partial charge in [-0.2, -0.15) is 0 Å². The third-order valence-electron chi connectivity index (χ3n) is 4.66. The van der Waals surface area contributed by atoms with Crippen molar-refractivity contribution >= 4 is 11.6 Å². The number of nitrogens with two attached hydrogens (primary N) is 1. The van der Waals surface area contributed by atoms with Crippen LogP contribution < -0.4 is 20.5 Å². The first-order valence-electron chi connectivity index (χ1n) is 8.71. The summed E-state index contributed by atoms with van der Waals surface area (Å²) in [4.78, 5) is 9.20. The third kappa shape index (κ3) is 5.79. The monoisotopic (exact) mass is 349 g/mol. The van der Waals surface area contributed by atoms with Gasteiger partial charge in [0.05, 0.1) is 26.5 Å². The Labute approximate surface area is 150 Å². The van der Waals surface area contributed by atoms with E-state index in [1.807, 2.05) is 18.2 Å². The van der Waals surface area contributed by atoms with E-state index < -0.39 is 0 Å². The molecule has 0 saturated carbocycles. The first-order valence-corrected chi connectivity index (χ1v) is 8.71. The highest BCUT2D eigenvalue weighted by molar-refractivity contribution is 5.94. The number of methoxy groups -OCH3 is 2. The molecule has 25 heavy (non-hydrogen) atoms. The van der Waals surface area contributed by atoms with E-state index in [4.69, 9.17) is 15.2 Å². The zero-order chi connectivity index (χ0) is 18.2. The predicted octanol–water partition coefficient (Wildman–Crippen LogP) is 1.46. The first kappa shape index (κ1) is 19.3. The van der Waals surface area contributed by atoms with Gasteiger partial charge in [0.2, 0.25) is 0 Å². The maximum absolute atomic E-state index is 6.02. The van der Waals surface area contributed by atoms with E-state index in [1.54, 1.807) is 14.2 Å². The Morgan fingerprint density at radius 2 is 2.00 bits per heavy atom. The van der Waals surface area contributed by atoms with Gasteiger partial charge in [0.15, 0.2) is 5.96 Å². The second-order valence-electron chi connectivity index (χ2n) is 6.49. The van der Waals surface area contributed by atoms with Crippen LogP contribution in [0.15, 0.2) is 23.2 Å². The molecule has 0 aromatic heterocycles. The number of hydrogen-bond acceptors (Lipinski definition) is 5. The van der Waals surface area contributed by atoms with E-state index >= 15 is 0 Å². The van der Waals surface area contributed by atoms with Crippen molar-refractivity contribution in [3.63, 3.8) is 0 Å². The molecule has 0 aliphatic carbocycles. The number of nitrogens with zero attached hydrogens (tertiary/aromatic N) is 3. The molecule has 1 aliphatic rings. The smallest absolute Gasteiger partial charge is 0.193 e. The van der Waals surface area contributed by atoms with E-state index in [-0.39, 0.29) is 0 Å². The van der Waals surface area contributed by atoms with E-state index in [1.165, 1.54) is 12.8 Å². The average molecular weight is 349 g/mol. The fourth-order valence-electron chi connectivity index (χ4n) is 3.06. The van der Waals surface area contributed by atoms with Crippen molar-refractivity contribution in [3.8, 4) is 11.5 Å². The molecule has 1 aromatic rings. The maximum Gasteiger partial charge on any atom is 0.193 e. The molecule has 7 nitrogen and oxygen atoms in total. The van der Waals surface area contributed by atoms with Gasteiger partial charge in [-0.1, -0.05) is 0 Å². The minimum absolute atomic E-state index is 0.384. The van der Waals surface area contributed by atoms with Crippen molar-refractivity contribution in [3.05, 3.63) is 18.2 Å². The number of likely N-dealkylation sites (tertiary alicyclic amines) is 1. The van der Waals surface area contributed by atoms with Crippen molar-refractivity contribution in [1.29, 1.82) is 0 Å². The highest BCUT2D eigenvalue weighted by atomic mass is 16.5. The zero-order valence-electron chi connectivity index (χ0n) is 15.8. The molecule has 1 heterocycles. The minimum Gasteiger partial charge on any atom is -0.497 e. The molecule has 0 spiro atoms. The van der Waals surface area contributed by atoms with E-state index in [0.29, 0.717) is 24.3 Å². The molecule has 0 bridgehead atoms. The SMILES string of the molecule is COc1ccc(OC)c(NC(N)=NCCN2CCC(N(C)C)CC2)c1. The highest BCUT2D eigenvalue weighted by Gasteiger charge is 2.19. The first-order chi connectivity index (χ1) is 12.0. The second-order valence-corrected chi connectivity index (χ2v) is 6.49. The van der Waals surface area contributed by atoms with Gasteiger partial charge in [0.1, 0.15) is 11.5 Å². The summed E-state index contributed by atoms with van der Waals surface area (Å²) in [5.74, 6) is 1.82. The molecule has 1 fully saturated rings. The average Bonchev–Trinajstić information content (AvgIpc) is 2.62. The number of guanidine groups is 1. The van der Waals surface area contributed by atoms with E-state index in [2.05, 4.69) is 34.2 Å². The van der Waals surface area contributed by atoms with Gasteiger partial charge in [-0.15, -0.1) is 0 Å². The van der Waals surface area contributed by atoms with Crippen LogP contribution in [0.1, 0.15) is 12.8 Å². The predicted molar refractivity (Wildman–Crippen MR) is 103 cm³/mol. The Hall–Kier alpha value is -1.99. The molecular formula is C18H31N5O2. The molecule has 7 heteroatoms. The molecule has 0 unspecified atom stereocenters. The topological polar surface area (TPSA) is 75.3 Å². The van der Waals surface area contributed by atoms with E-state index in [9.17, 15) is 0 Å². The van der Waals surface area contributed by atoms with Crippen molar-refractivity contribution in [2.75, 3.05) is 59.8 Å². The lowest BCUT2D eigenvalue weighted by molar-refractivity contribution is 0.148. The van der Waals surface area contributed by atoms with Crippen LogP contribution in [-0.2, 0) is 0 Å². The van der Waals surface area contributed by atoms with E-state index in [0.717, 1.165) is 31.1 Å². The van der Waals surface area contributed by atoms with Crippen molar-refractivity contribution in [2.45, 2.75) is 18.9 Å². The number of anilines is 1. The number of benzene rings is 1. The molecule has 2 rings (SSSR count). The largest absolute Gasteiger partial charge is 0.497 e. The molecular weight excluding hydrogens is 318 g/mol. The molecule has 3 N–H and O–H groups in total. The summed E-state index contributed by atoms with van der Waals surface area (Å²) < 4.78 is 10.6. The second kappa shape index (κ2) is 9.48. The van der Waals surface area contributed by atoms with Crippen molar-refractivity contribution in [2.24, 2.45) is 10.7 Å². The van der Waals surface area contributed by atoms with Gasteiger partial charge in [-0.3, -0.25) is 4.99 Å². The van der Waals surface area contributed by atoms with Gasteiger partial charge >= 0.3 is 0 Å². The van der Waals surface area contributed by atoms with Gasteiger partial charge in [0.25, 0.3) is 0 Å².